The van der Waals surface area contributed by atoms with Crippen LogP contribution in [0.15, 0.2) is 84.9 Å². The van der Waals surface area contributed by atoms with E-state index in [2.05, 4.69) is 29.6 Å². The topological polar surface area (TPSA) is 12.0 Å². The van der Waals surface area contributed by atoms with Gasteiger partial charge in [0.05, 0.1) is 6.04 Å². The minimum absolute atomic E-state index is 0.0886. The Hall–Kier alpha value is -2.45. The summed E-state index contributed by atoms with van der Waals surface area (Å²) in [5, 5.41) is 3.53. The molecule has 0 bridgehead atoms. The van der Waals surface area contributed by atoms with Crippen molar-refractivity contribution in [2.45, 2.75) is 12.6 Å². The van der Waals surface area contributed by atoms with E-state index >= 15 is 0 Å². The maximum absolute atomic E-state index is 13.3. The molecule has 3 aromatic rings. The fourth-order valence-electron chi connectivity index (χ4n) is 2.59. The second kappa shape index (κ2) is 7.01. The third-order valence-corrected chi connectivity index (χ3v) is 3.67. The molecule has 0 fully saturated rings. The highest BCUT2D eigenvalue weighted by Gasteiger charge is 2.12. The van der Waals surface area contributed by atoms with Crippen molar-refractivity contribution in [3.63, 3.8) is 0 Å². The van der Waals surface area contributed by atoms with Crippen molar-refractivity contribution in [1.29, 1.82) is 0 Å². The molecule has 3 aromatic carbocycles. The summed E-state index contributed by atoms with van der Waals surface area (Å²) in [7, 11) is 0. The van der Waals surface area contributed by atoms with Gasteiger partial charge in [0.1, 0.15) is 5.82 Å². The van der Waals surface area contributed by atoms with Gasteiger partial charge < -0.3 is 5.32 Å². The van der Waals surface area contributed by atoms with Gasteiger partial charge in [-0.1, -0.05) is 72.8 Å². The number of benzene rings is 3. The predicted octanol–water partition coefficient (Wildman–Crippen LogP) is 4.70. The molecule has 1 N–H and O–H groups in total. The predicted molar refractivity (Wildman–Crippen MR) is 88.0 cm³/mol. The van der Waals surface area contributed by atoms with Crippen LogP contribution in [0, 0.1) is 5.82 Å². The lowest BCUT2D eigenvalue weighted by Gasteiger charge is -2.20. The van der Waals surface area contributed by atoms with Crippen LogP contribution < -0.4 is 5.32 Å². The van der Waals surface area contributed by atoms with Crippen molar-refractivity contribution in [2.24, 2.45) is 0 Å². The molecule has 0 saturated carbocycles. The third-order valence-electron chi connectivity index (χ3n) is 3.67. The molecule has 0 aliphatic rings. The first-order valence-corrected chi connectivity index (χ1v) is 7.40. The molecule has 0 radical (unpaired) electrons. The average molecular weight is 291 g/mol. The van der Waals surface area contributed by atoms with Gasteiger partial charge in [0.25, 0.3) is 0 Å². The van der Waals surface area contributed by atoms with Crippen LogP contribution in [0.3, 0.4) is 0 Å². The molecule has 0 saturated heterocycles. The molecule has 0 aliphatic carbocycles. The van der Waals surface area contributed by atoms with Crippen LogP contribution in [0.5, 0.6) is 0 Å². The van der Waals surface area contributed by atoms with E-state index in [9.17, 15) is 4.39 Å². The summed E-state index contributed by atoms with van der Waals surface area (Å²) in [5.41, 5.74) is 3.34. The molecule has 0 atom stereocenters. The van der Waals surface area contributed by atoms with Crippen LogP contribution in [0.2, 0.25) is 0 Å². The Morgan fingerprint density at radius 2 is 1.32 bits per heavy atom. The number of hydrogen-bond donors (Lipinski definition) is 1. The standard InChI is InChI=1S/C20H18FN/c21-19-13-7-8-16(14-19)15-22-20(17-9-3-1-4-10-17)18-11-5-2-6-12-18/h1-14,20,22H,15H2. The normalized spacial score (nSPS) is 10.8. The Kier molecular flexibility index (Phi) is 4.62. The summed E-state index contributed by atoms with van der Waals surface area (Å²) in [4.78, 5) is 0. The van der Waals surface area contributed by atoms with Crippen LogP contribution in [0.1, 0.15) is 22.7 Å². The summed E-state index contributed by atoms with van der Waals surface area (Å²) < 4.78 is 13.3. The van der Waals surface area contributed by atoms with Crippen molar-refractivity contribution in [3.05, 3.63) is 107 Å². The largest absolute Gasteiger partial charge is 0.302 e. The number of hydrogen-bond acceptors (Lipinski definition) is 1. The molecular formula is C20H18FN. The first-order chi connectivity index (χ1) is 10.8. The van der Waals surface area contributed by atoms with E-state index in [1.54, 1.807) is 12.1 Å². The van der Waals surface area contributed by atoms with Crippen molar-refractivity contribution in [3.8, 4) is 0 Å². The second-order valence-electron chi connectivity index (χ2n) is 5.27. The van der Waals surface area contributed by atoms with E-state index in [0.717, 1.165) is 5.56 Å². The van der Waals surface area contributed by atoms with E-state index in [1.807, 2.05) is 42.5 Å². The lowest BCUT2D eigenvalue weighted by Crippen LogP contribution is -2.22. The van der Waals surface area contributed by atoms with Gasteiger partial charge in [0.2, 0.25) is 0 Å². The molecule has 0 heterocycles. The highest BCUT2D eigenvalue weighted by Crippen LogP contribution is 2.22. The molecule has 0 aliphatic heterocycles. The summed E-state index contributed by atoms with van der Waals surface area (Å²) in [5.74, 6) is -0.199. The maximum atomic E-state index is 13.3. The van der Waals surface area contributed by atoms with Gasteiger partial charge >= 0.3 is 0 Å². The van der Waals surface area contributed by atoms with E-state index in [4.69, 9.17) is 0 Å². The Bertz CT molecular complexity index is 671. The Morgan fingerprint density at radius 1 is 0.727 bits per heavy atom. The van der Waals surface area contributed by atoms with Crippen LogP contribution >= 0.6 is 0 Å². The SMILES string of the molecule is Fc1cccc(CNC(c2ccccc2)c2ccccc2)c1. The summed E-state index contributed by atoms with van der Waals surface area (Å²) in [6, 6.07) is 27.4. The van der Waals surface area contributed by atoms with E-state index in [1.165, 1.54) is 17.2 Å². The maximum Gasteiger partial charge on any atom is 0.123 e. The lowest BCUT2D eigenvalue weighted by molar-refractivity contribution is 0.594. The first kappa shape index (κ1) is 14.5. The highest BCUT2D eigenvalue weighted by molar-refractivity contribution is 5.31. The van der Waals surface area contributed by atoms with Gasteiger partial charge in [-0.05, 0) is 28.8 Å². The van der Waals surface area contributed by atoms with Gasteiger partial charge in [-0.25, -0.2) is 4.39 Å². The van der Waals surface area contributed by atoms with Crippen LogP contribution in [0.25, 0.3) is 0 Å². The summed E-state index contributed by atoms with van der Waals surface area (Å²) >= 11 is 0. The molecular weight excluding hydrogens is 273 g/mol. The van der Waals surface area contributed by atoms with Crippen molar-refractivity contribution in [2.75, 3.05) is 0 Å². The molecule has 0 unspecified atom stereocenters. The second-order valence-corrected chi connectivity index (χ2v) is 5.27. The van der Waals surface area contributed by atoms with Crippen LogP contribution in [0.4, 0.5) is 4.39 Å². The smallest absolute Gasteiger partial charge is 0.123 e. The summed E-state index contributed by atoms with van der Waals surface area (Å²) in [6.07, 6.45) is 0. The first-order valence-electron chi connectivity index (χ1n) is 7.40. The molecule has 3 rings (SSSR count). The van der Waals surface area contributed by atoms with E-state index in [0.29, 0.717) is 6.54 Å². The van der Waals surface area contributed by atoms with Gasteiger partial charge in [-0.3, -0.25) is 0 Å². The van der Waals surface area contributed by atoms with Crippen LogP contribution in [-0.4, -0.2) is 0 Å². The fraction of sp³-hybridized carbons (Fsp3) is 0.100. The van der Waals surface area contributed by atoms with Crippen molar-refractivity contribution in [1.82, 2.24) is 5.32 Å². The molecule has 0 aromatic heterocycles. The van der Waals surface area contributed by atoms with Crippen molar-refractivity contribution < 1.29 is 4.39 Å². The minimum atomic E-state index is -0.199. The molecule has 0 amide bonds. The van der Waals surface area contributed by atoms with Gasteiger partial charge in [-0.2, -0.15) is 0 Å². The molecule has 0 spiro atoms. The molecule has 110 valence electrons. The van der Waals surface area contributed by atoms with Crippen molar-refractivity contribution >= 4 is 0 Å². The average Bonchev–Trinajstić information content (AvgIpc) is 2.57. The Balaban J connectivity index is 1.83. The number of nitrogens with one attached hydrogen (secondary N) is 1. The zero-order valence-electron chi connectivity index (χ0n) is 12.2. The Morgan fingerprint density at radius 3 is 1.86 bits per heavy atom. The molecule has 22 heavy (non-hydrogen) atoms. The van der Waals surface area contributed by atoms with Crippen LogP contribution in [-0.2, 0) is 6.54 Å². The monoisotopic (exact) mass is 291 g/mol. The fourth-order valence-corrected chi connectivity index (χ4v) is 2.59. The summed E-state index contributed by atoms with van der Waals surface area (Å²) in [6.45, 7) is 0.617. The highest BCUT2D eigenvalue weighted by atomic mass is 19.1. The van der Waals surface area contributed by atoms with E-state index < -0.39 is 0 Å². The Labute approximate surface area is 130 Å². The molecule has 1 nitrogen and oxygen atoms in total. The van der Waals surface area contributed by atoms with Gasteiger partial charge in [0, 0.05) is 6.54 Å². The third kappa shape index (κ3) is 3.60. The zero-order valence-corrected chi connectivity index (χ0v) is 12.2. The molecule has 2 heteroatoms. The van der Waals surface area contributed by atoms with Gasteiger partial charge in [0.15, 0.2) is 0 Å². The number of rotatable bonds is 5. The quantitative estimate of drug-likeness (QED) is 0.718. The minimum Gasteiger partial charge on any atom is -0.302 e. The zero-order chi connectivity index (χ0) is 15.2. The lowest BCUT2D eigenvalue weighted by atomic mass is 9.98. The number of halogens is 1. The van der Waals surface area contributed by atoms with Gasteiger partial charge in [-0.15, -0.1) is 0 Å². The van der Waals surface area contributed by atoms with E-state index in [-0.39, 0.29) is 11.9 Å².